The second kappa shape index (κ2) is 8.72. The van der Waals surface area contributed by atoms with E-state index in [9.17, 15) is 9.59 Å². The summed E-state index contributed by atoms with van der Waals surface area (Å²) in [6.45, 7) is 7.43. The average molecular weight is 466 g/mol. The Bertz CT molecular complexity index is 933. The minimum Gasteiger partial charge on any atom is -0.342 e. The maximum atomic E-state index is 13.7. The van der Waals surface area contributed by atoms with Crippen molar-refractivity contribution >= 4 is 11.7 Å². The zero-order valence-corrected chi connectivity index (χ0v) is 21.7. The summed E-state index contributed by atoms with van der Waals surface area (Å²) in [6.07, 6.45) is 12.5. The zero-order chi connectivity index (χ0) is 24.3. The predicted molar refractivity (Wildman–Crippen MR) is 134 cm³/mol. The van der Waals surface area contributed by atoms with Gasteiger partial charge in [-0.05, 0) is 119 Å². The number of pyridine rings is 1. The molecule has 4 saturated carbocycles. The Kier molecular flexibility index (Phi) is 6.15. The first-order chi connectivity index (χ1) is 16.2. The van der Waals surface area contributed by atoms with Gasteiger partial charge in [0, 0.05) is 24.4 Å². The summed E-state index contributed by atoms with van der Waals surface area (Å²) in [5, 5.41) is 3.05. The van der Waals surface area contributed by atoms with Crippen LogP contribution in [0.15, 0.2) is 24.5 Å². The molecule has 1 aromatic rings. The molecule has 186 valence electrons. The van der Waals surface area contributed by atoms with Crippen LogP contribution < -0.4 is 5.32 Å². The van der Waals surface area contributed by atoms with Gasteiger partial charge in [0.05, 0.1) is 11.6 Å². The van der Waals surface area contributed by atoms with Crippen LogP contribution in [0.3, 0.4) is 0 Å². The highest BCUT2D eigenvalue weighted by atomic mass is 16.2. The predicted octanol–water partition coefficient (Wildman–Crippen LogP) is 4.97. The molecule has 4 fully saturated rings. The third kappa shape index (κ3) is 3.65. The van der Waals surface area contributed by atoms with Crippen LogP contribution in [0.5, 0.6) is 0 Å². The lowest BCUT2D eigenvalue weighted by Crippen LogP contribution is -2.59. The molecule has 0 saturated heterocycles. The summed E-state index contributed by atoms with van der Waals surface area (Å²) in [5.74, 6) is 3.18. The smallest absolute Gasteiger partial charge is 0.253 e. The van der Waals surface area contributed by atoms with Crippen LogP contribution in [-0.2, 0) is 4.79 Å². The maximum Gasteiger partial charge on any atom is 0.253 e. The van der Waals surface area contributed by atoms with Crippen molar-refractivity contribution in [2.75, 3.05) is 14.1 Å². The average Bonchev–Trinajstić information content (AvgIpc) is 3.18. The molecule has 1 amide bonds. The number of ketones is 1. The molecule has 0 aromatic carbocycles. The highest BCUT2D eigenvalue weighted by Crippen LogP contribution is 2.67. The number of hydrogen-bond donors (Lipinski definition) is 1. The van der Waals surface area contributed by atoms with Crippen LogP contribution in [0.2, 0.25) is 0 Å². The molecule has 1 N–H and O–H groups in total. The SMILES string of the molecule is C[C@@H]([C@H]1CC[C@H]2[C@@H]3CC[C@H]4C(=O)[C@@H](NC(=O)c5cccnc5)CC[C@]4(C)[C@H]3CC[C@]12C)N(C)C. The Morgan fingerprint density at radius 1 is 1.06 bits per heavy atom. The first kappa shape index (κ1) is 24.0. The van der Waals surface area contributed by atoms with Gasteiger partial charge in [-0.15, -0.1) is 0 Å². The fraction of sp³-hybridized carbons (Fsp3) is 0.759. The van der Waals surface area contributed by atoms with E-state index in [0.29, 0.717) is 22.9 Å². The van der Waals surface area contributed by atoms with Crippen LogP contribution in [-0.4, -0.2) is 47.8 Å². The van der Waals surface area contributed by atoms with E-state index in [1.165, 1.54) is 32.1 Å². The molecule has 5 rings (SSSR count). The Labute approximate surface area is 205 Å². The highest BCUT2D eigenvalue weighted by molar-refractivity contribution is 5.98. The lowest BCUT2D eigenvalue weighted by molar-refractivity contribution is -0.151. The molecule has 0 bridgehead atoms. The van der Waals surface area contributed by atoms with Gasteiger partial charge >= 0.3 is 0 Å². The Hall–Kier alpha value is -1.75. The number of amides is 1. The number of hydrogen-bond acceptors (Lipinski definition) is 4. The van der Waals surface area contributed by atoms with Crippen LogP contribution in [0, 0.1) is 40.4 Å². The summed E-state index contributed by atoms with van der Waals surface area (Å²) in [6, 6.07) is 3.79. The van der Waals surface area contributed by atoms with E-state index in [1.54, 1.807) is 24.5 Å². The number of aromatic nitrogens is 1. The fourth-order valence-corrected chi connectivity index (χ4v) is 9.20. The first-order valence-electron chi connectivity index (χ1n) is 13.6. The minimum absolute atomic E-state index is 0.0854. The molecular weight excluding hydrogens is 422 g/mol. The monoisotopic (exact) mass is 465 g/mol. The molecule has 5 nitrogen and oxygen atoms in total. The molecule has 0 unspecified atom stereocenters. The van der Waals surface area contributed by atoms with E-state index in [4.69, 9.17) is 0 Å². The van der Waals surface area contributed by atoms with E-state index in [-0.39, 0.29) is 29.1 Å². The molecule has 1 aromatic heterocycles. The summed E-state index contributed by atoms with van der Waals surface area (Å²) in [5.41, 5.74) is 1.05. The lowest BCUT2D eigenvalue weighted by Gasteiger charge is -2.61. The number of carbonyl (C=O) groups excluding carboxylic acids is 2. The Balaban J connectivity index is 1.31. The van der Waals surface area contributed by atoms with E-state index >= 15 is 0 Å². The van der Waals surface area contributed by atoms with E-state index in [1.807, 2.05) is 0 Å². The number of nitrogens with one attached hydrogen (secondary N) is 1. The normalized spacial score (nSPS) is 42.5. The molecule has 0 spiro atoms. The fourth-order valence-electron chi connectivity index (χ4n) is 9.20. The molecule has 4 aliphatic rings. The molecule has 34 heavy (non-hydrogen) atoms. The zero-order valence-electron chi connectivity index (χ0n) is 21.7. The van der Waals surface area contributed by atoms with Gasteiger partial charge in [-0.3, -0.25) is 14.6 Å². The van der Waals surface area contributed by atoms with Crippen molar-refractivity contribution in [2.24, 2.45) is 40.4 Å². The summed E-state index contributed by atoms with van der Waals surface area (Å²) in [4.78, 5) is 32.9. The van der Waals surface area contributed by atoms with Gasteiger partial charge in [0.15, 0.2) is 5.78 Å². The first-order valence-corrected chi connectivity index (χ1v) is 13.6. The number of carbonyl (C=O) groups is 2. The van der Waals surface area contributed by atoms with Gasteiger partial charge in [-0.1, -0.05) is 13.8 Å². The molecule has 4 aliphatic carbocycles. The van der Waals surface area contributed by atoms with Crippen molar-refractivity contribution in [1.29, 1.82) is 0 Å². The molecule has 0 radical (unpaired) electrons. The van der Waals surface area contributed by atoms with Crippen LogP contribution in [0.25, 0.3) is 0 Å². The number of rotatable bonds is 4. The molecule has 9 atom stereocenters. The van der Waals surface area contributed by atoms with E-state index in [0.717, 1.165) is 37.0 Å². The van der Waals surface area contributed by atoms with Crippen molar-refractivity contribution in [3.63, 3.8) is 0 Å². The summed E-state index contributed by atoms with van der Waals surface area (Å²) < 4.78 is 0. The maximum absolute atomic E-state index is 13.7. The van der Waals surface area contributed by atoms with Gasteiger partial charge < -0.3 is 10.2 Å². The quantitative estimate of drug-likeness (QED) is 0.682. The van der Waals surface area contributed by atoms with E-state index in [2.05, 4.69) is 50.1 Å². The standard InChI is InChI=1S/C29H43N3O2/c1-18(32(4)5)21-10-11-22-20-8-9-24-26(33)25(31-27(34)19-7-6-16-30-17-19)13-15-29(24,3)23(20)12-14-28(21,22)2/h6-7,16-18,20-25H,8-15H2,1-5H3,(H,31,34)/t18-,20-,21+,22-,23-,24-,25-,28+,29+/m0/s1. The Morgan fingerprint density at radius 3 is 2.50 bits per heavy atom. The lowest BCUT2D eigenvalue weighted by atomic mass is 9.44. The van der Waals surface area contributed by atoms with Gasteiger partial charge in [-0.2, -0.15) is 0 Å². The summed E-state index contributed by atoms with van der Waals surface area (Å²) >= 11 is 0. The van der Waals surface area contributed by atoms with E-state index < -0.39 is 0 Å². The topological polar surface area (TPSA) is 62.3 Å². The third-order valence-corrected chi connectivity index (χ3v) is 11.2. The third-order valence-electron chi connectivity index (χ3n) is 11.2. The number of Topliss-reactive ketones (excluding diaryl/α,β-unsaturated/α-hetero) is 1. The van der Waals surface area contributed by atoms with Gasteiger partial charge in [0.25, 0.3) is 5.91 Å². The van der Waals surface area contributed by atoms with Crippen molar-refractivity contribution in [1.82, 2.24) is 15.2 Å². The van der Waals surface area contributed by atoms with Gasteiger partial charge in [-0.25, -0.2) is 0 Å². The summed E-state index contributed by atoms with van der Waals surface area (Å²) in [7, 11) is 4.47. The second-order valence-corrected chi connectivity index (χ2v) is 12.7. The van der Waals surface area contributed by atoms with Gasteiger partial charge in [0.1, 0.15) is 0 Å². The molecule has 0 aliphatic heterocycles. The van der Waals surface area contributed by atoms with Crippen LogP contribution in [0.1, 0.15) is 82.5 Å². The number of nitrogens with zero attached hydrogens (tertiary/aromatic N) is 2. The largest absolute Gasteiger partial charge is 0.342 e. The molecular formula is C29H43N3O2. The van der Waals surface area contributed by atoms with Crippen LogP contribution >= 0.6 is 0 Å². The molecule has 5 heteroatoms. The Morgan fingerprint density at radius 2 is 1.79 bits per heavy atom. The highest BCUT2D eigenvalue weighted by Gasteiger charge is 2.62. The minimum atomic E-state index is -0.354. The van der Waals surface area contributed by atoms with Crippen molar-refractivity contribution in [3.05, 3.63) is 30.1 Å². The second-order valence-electron chi connectivity index (χ2n) is 12.7. The van der Waals surface area contributed by atoms with Gasteiger partial charge in [0.2, 0.25) is 0 Å². The van der Waals surface area contributed by atoms with Crippen LogP contribution in [0.4, 0.5) is 0 Å². The number of fused-ring (bicyclic) bond motifs is 5. The van der Waals surface area contributed by atoms with Crippen molar-refractivity contribution in [3.8, 4) is 0 Å². The van der Waals surface area contributed by atoms with Crippen molar-refractivity contribution in [2.45, 2.75) is 84.2 Å². The van der Waals surface area contributed by atoms with Crippen molar-refractivity contribution < 1.29 is 9.59 Å². The molecule has 1 heterocycles.